The average Bonchev–Trinajstić information content (AvgIpc) is 3.19. The molecule has 1 aliphatic rings. The van der Waals surface area contributed by atoms with E-state index in [9.17, 15) is 0 Å². The maximum absolute atomic E-state index is 4.46. The van der Waals surface area contributed by atoms with Crippen molar-refractivity contribution >= 4 is 11.6 Å². The lowest BCUT2D eigenvalue weighted by Crippen LogP contribution is -2.34. The second-order valence-corrected chi connectivity index (χ2v) is 7.24. The Labute approximate surface area is 159 Å². The smallest absolute Gasteiger partial charge is 0.134 e. The van der Waals surface area contributed by atoms with Crippen LogP contribution in [-0.4, -0.2) is 38.1 Å². The predicted molar refractivity (Wildman–Crippen MR) is 106 cm³/mol. The number of nitrogens with zero attached hydrogens (tertiary/aromatic N) is 6. The van der Waals surface area contributed by atoms with Crippen LogP contribution < -0.4 is 10.2 Å². The quantitative estimate of drug-likeness (QED) is 0.748. The van der Waals surface area contributed by atoms with Gasteiger partial charge in [0.15, 0.2) is 0 Å². The highest BCUT2D eigenvalue weighted by atomic mass is 15.4. The zero-order valence-electron chi connectivity index (χ0n) is 15.8. The molecule has 7 heteroatoms. The molecule has 1 saturated heterocycles. The number of hydrogen-bond acceptors (Lipinski definition) is 6. The van der Waals surface area contributed by atoms with Crippen LogP contribution in [0.15, 0.2) is 48.9 Å². The van der Waals surface area contributed by atoms with Crippen LogP contribution in [0.4, 0.5) is 11.6 Å². The minimum absolute atomic E-state index is 0.00880. The van der Waals surface area contributed by atoms with Crippen LogP contribution in [0.5, 0.6) is 0 Å². The van der Waals surface area contributed by atoms with Crippen molar-refractivity contribution < 1.29 is 0 Å². The zero-order valence-corrected chi connectivity index (χ0v) is 15.8. The Morgan fingerprint density at radius 3 is 2.85 bits per heavy atom. The number of hydrogen-bond donors (Lipinski definition) is 1. The molecule has 4 rings (SSSR count). The van der Waals surface area contributed by atoms with Crippen molar-refractivity contribution in [2.45, 2.75) is 32.7 Å². The Morgan fingerprint density at radius 2 is 2.04 bits per heavy atom. The average molecular weight is 363 g/mol. The van der Waals surface area contributed by atoms with Crippen LogP contribution in [0.3, 0.4) is 0 Å². The monoisotopic (exact) mass is 363 g/mol. The molecule has 0 bridgehead atoms. The van der Waals surface area contributed by atoms with Crippen LogP contribution in [0.2, 0.25) is 0 Å². The maximum Gasteiger partial charge on any atom is 0.134 e. The lowest BCUT2D eigenvalue weighted by atomic mass is 10.0. The lowest BCUT2D eigenvalue weighted by Gasteiger charge is -2.31. The lowest BCUT2D eigenvalue weighted by molar-refractivity contribution is 0.444. The summed E-state index contributed by atoms with van der Waals surface area (Å²) in [6.45, 7) is 6.47. The van der Waals surface area contributed by atoms with E-state index in [4.69, 9.17) is 0 Å². The Hall–Kier alpha value is -2.96. The predicted octanol–water partition coefficient (Wildman–Crippen LogP) is 3.47. The number of benzene rings is 1. The molecule has 0 spiro atoms. The summed E-state index contributed by atoms with van der Waals surface area (Å²) in [4.78, 5) is 11.2. The molecule has 27 heavy (non-hydrogen) atoms. The molecule has 2 unspecified atom stereocenters. The SMILES string of the molecule is CC1CCCN(c2cc(NC(C)c3cn(-c4ccccc4)nn3)ncn2)C1. The van der Waals surface area contributed by atoms with Gasteiger partial charge in [0.2, 0.25) is 0 Å². The van der Waals surface area contributed by atoms with Crippen LogP contribution in [0.25, 0.3) is 5.69 Å². The molecule has 140 valence electrons. The summed E-state index contributed by atoms with van der Waals surface area (Å²) >= 11 is 0. The van der Waals surface area contributed by atoms with Crippen LogP contribution in [0, 0.1) is 5.92 Å². The first kappa shape index (κ1) is 17.5. The summed E-state index contributed by atoms with van der Waals surface area (Å²) in [6, 6.07) is 12.0. The normalized spacial score (nSPS) is 18.3. The highest BCUT2D eigenvalue weighted by molar-refractivity contribution is 5.49. The van der Waals surface area contributed by atoms with E-state index < -0.39 is 0 Å². The molecule has 2 aromatic heterocycles. The van der Waals surface area contributed by atoms with Gasteiger partial charge in [0.05, 0.1) is 17.9 Å². The fraction of sp³-hybridized carbons (Fsp3) is 0.400. The van der Waals surface area contributed by atoms with Gasteiger partial charge in [0, 0.05) is 19.2 Å². The van der Waals surface area contributed by atoms with Crippen molar-refractivity contribution in [3.63, 3.8) is 0 Å². The molecule has 1 N–H and O–H groups in total. The molecule has 0 radical (unpaired) electrons. The first-order valence-corrected chi connectivity index (χ1v) is 9.50. The molecule has 0 saturated carbocycles. The summed E-state index contributed by atoms with van der Waals surface area (Å²) in [5, 5.41) is 12.0. The van der Waals surface area contributed by atoms with E-state index in [0.29, 0.717) is 5.92 Å². The minimum Gasteiger partial charge on any atom is -0.362 e. The third kappa shape index (κ3) is 4.07. The van der Waals surface area contributed by atoms with Crippen molar-refractivity contribution in [2.24, 2.45) is 5.92 Å². The Kier molecular flexibility index (Phi) is 5.00. The molecule has 3 heterocycles. The van der Waals surface area contributed by atoms with Gasteiger partial charge < -0.3 is 10.2 Å². The molecule has 1 aromatic carbocycles. The van der Waals surface area contributed by atoms with Crippen molar-refractivity contribution in [3.8, 4) is 5.69 Å². The molecular weight excluding hydrogens is 338 g/mol. The second kappa shape index (κ2) is 7.73. The zero-order chi connectivity index (χ0) is 18.6. The van der Waals surface area contributed by atoms with Gasteiger partial charge in [-0.15, -0.1) is 5.10 Å². The standard InChI is InChI=1S/C20H25N7/c1-15-7-6-10-26(12-15)20-11-19(21-14-22-20)23-16(2)18-13-27(25-24-18)17-8-4-3-5-9-17/h3-5,8-9,11,13-16H,6-7,10,12H2,1-2H3,(H,21,22,23). The third-order valence-corrected chi connectivity index (χ3v) is 4.97. The van der Waals surface area contributed by atoms with Crippen molar-refractivity contribution in [3.05, 3.63) is 54.6 Å². The first-order chi connectivity index (χ1) is 13.2. The maximum atomic E-state index is 4.46. The molecule has 3 aromatic rings. The fourth-order valence-electron chi connectivity index (χ4n) is 3.47. The molecule has 0 amide bonds. The molecular formula is C20H25N7. The van der Waals surface area contributed by atoms with E-state index in [1.165, 1.54) is 12.8 Å². The van der Waals surface area contributed by atoms with Gasteiger partial charge in [-0.1, -0.05) is 30.3 Å². The van der Waals surface area contributed by atoms with E-state index >= 15 is 0 Å². The van der Waals surface area contributed by atoms with E-state index in [-0.39, 0.29) is 6.04 Å². The number of aromatic nitrogens is 5. The van der Waals surface area contributed by atoms with Crippen LogP contribution in [-0.2, 0) is 0 Å². The second-order valence-electron chi connectivity index (χ2n) is 7.24. The van der Waals surface area contributed by atoms with Gasteiger partial charge in [-0.05, 0) is 37.8 Å². The number of para-hydroxylation sites is 1. The van der Waals surface area contributed by atoms with Gasteiger partial charge in [0.1, 0.15) is 23.7 Å². The van der Waals surface area contributed by atoms with Crippen molar-refractivity contribution in [1.82, 2.24) is 25.0 Å². The molecule has 1 aliphatic heterocycles. The largest absolute Gasteiger partial charge is 0.362 e. The molecule has 0 aliphatic carbocycles. The highest BCUT2D eigenvalue weighted by Crippen LogP contribution is 2.24. The van der Waals surface area contributed by atoms with Crippen LogP contribution >= 0.6 is 0 Å². The van der Waals surface area contributed by atoms with Gasteiger partial charge in [-0.3, -0.25) is 0 Å². The van der Waals surface area contributed by atoms with Crippen molar-refractivity contribution in [2.75, 3.05) is 23.3 Å². The summed E-state index contributed by atoms with van der Waals surface area (Å²) < 4.78 is 1.79. The number of nitrogens with one attached hydrogen (secondary N) is 1. The van der Waals surface area contributed by atoms with E-state index in [0.717, 1.165) is 36.1 Å². The third-order valence-electron chi connectivity index (χ3n) is 4.97. The van der Waals surface area contributed by atoms with Crippen LogP contribution in [0.1, 0.15) is 38.4 Å². The Balaban J connectivity index is 1.46. The van der Waals surface area contributed by atoms with E-state index in [1.807, 2.05) is 42.6 Å². The highest BCUT2D eigenvalue weighted by Gasteiger charge is 2.18. The van der Waals surface area contributed by atoms with Gasteiger partial charge in [-0.2, -0.15) is 0 Å². The summed E-state index contributed by atoms with van der Waals surface area (Å²) in [5.41, 5.74) is 1.86. The minimum atomic E-state index is -0.00880. The summed E-state index contributed by atoms with van der Waals surface area (Å²) in [6.07, 6.45) is 6.08. The Morgan fingerprint density at radius 1 is 1.19 bits per heavy atom. The first-order valence-electron chi connectivity index (χ1n) is 9.50. The number of piperidine rings is 1. The molecule has 1 fully saturated rings. The summed E-state index contributed by atoms with van der Waals surface area (Å²) in [5.74, 6) is 2.50. The van der Waals surface area contributed by atoms with Gasteiger partial charge >= 0.3 is 0 Å². The van der Waals surface area contributed by atoms with E-state index in [1.54, 1.807) is 11.0 Å². The van der Waals surface area contributed by atoms with Gasteiger partial charge in [-0.25, -0.2) is 14.6 Å². The molecule has 2 atom stereocenters. The number of rotatable bonds is 5. The fourth-order valence-corrected chi connectivity index (χ4v) is 3.47. The topological polar surface area (TPSA) is 71.8 Å². The van der Waals surface area contributed by atoms with Gasteiger partial charge in [0.25, 0.3) is 0 Å². The molecule has 7 nitrogen and oxygen atoms in total. The Bertz CT molecular complexity index is 877. The van der Waals surface area contributed by atoms with Crippen molar-refractivity contribution in [1.29, 1.82) is 0 Å². The van der Waals surface area contributed by atoms with E-state index in [2.05, 4.69) is 44.3 Å². The summed E-state index contributed by atoms with van der Waals surface area (Å²) in [7, 11) is 0. The number of anilines is 2.